The standard InChI is InChI=1S/C11H17BrClN3/c1-3-11(2,4-5-14)16-10-9(12)6-8(13)7-15-10/h6-7H,3-5,14H2,1-2H3,(H,15,16). The van der Waals surface area contributed by atoms with Gasteiger partial charge >= 0.3 is 0 Å². The van der Waals surface area contributed by atoms with Gasteiger partial charge in [0.05, 0.1) is 9.50 Å². The van der Waals surface area contributed by atoms with Crippen molar-refractivity contribution in [2.45, 2.75) is 32.2 Å². The summed E-state index contributed by atoms with van der Waals surface area (Å²) in [7, 11) is 0. The Kier molecular flexibility index (Phi) is 5.02. The van der Waals surface area contributed by atoms with Crippen molar-refractivity contribution in [3.05, 3.63) is 21.8 Å². The van der Waals surface area contributed by atoms with Gasteiger partial charge < -0.3 is 11.1 Å². The van der Waals surface area contributed by atoms with E-state index in [2.05, 4.69) is 40.1 Å². The predicted molar refractivity (Wildman–Crippen MR) is 72.9 cm³/mol. The Morgan fingerprint density at radius 1 is 1.62 bits per heavy atom. The first-order valence-corrected chi connectivity index (χ1v) is 6.47. The summed E-state index contributed by atoms with van der Waals surface area (Å²) in [5, 5.41) is 4.02. The number of nitrogens with one attached hydrogen (secondary N) is 1. The lowest BCUT2D eigenvalue weighted by atomic mass is 9.94. The van der Waals surface area contributed by atoms with Gasteiger partial charge in [-0.15, -0.1) is 0 Å². The van der Waals surface area contributed by atoms with Crippen LogP contribution in [0.5, 0.6) is 0 Å². The van der Waals surface area contributed by atoms with E-state index in [4.69, 9.17) is 17.3 Å². The van der Waals surface area contributed by atoms with Crippen LogP contribution in [0.15, 0.2) is 16.7 Å². The molecule has 1 unspecified atom stereocenters. The fraction of sp³-hybridized carbons (Fsp3) is 0.545. The van der Waals surface area contributed by atoms with Gasteiger partial charge in [-0.1, -0.05) is 18.5 Å². The van der Waals surface area contributed by atoms with Crippen LogP contribution < -0.4 is 11.1 Å². The molecule has 16 heavy (non-hydrogen) atoms. The maximum Gasteiger partial charge on any atom is 0.140 e. The molecule has 0 fully saturated rings. The number of hydrogen-bond donors (Lipinski definition) is 2. The van der Waals surface area contributed by atoms with Gasteiger partial charge in [0.1, 0.15) is 5.82 Å². The Hall–Kier alpha value is -0.320. The summed E-state index contributed by atoms with van der Waals surface area (Å²) in [5.74, 6) is 0.808. The van der Waals surface area contributed by atoms with E-state index in [9.17, 15) is 0 Å². The second-order valence-electron chi connectivity index (χ2n) is 4.06. The molecular formula is C11H17BrClN3. The Morgan fingerprint density at radius 3 is 2.81 bits per heavy atom. The zero-order valence-electron chi connectivity index (χ0n) is 9.56. The highest BCUT2D eigenvalue weighted by atomic mass is 79.9. The highest BCUT2D eigenvalue weighted by Gasteiger charge is 2.22. The molecule has 0 aliphatic carbocycles. The third-order valence-electron chi connectivity index (χ3n) is 2.70. The number of anilines is 1. The second-order valence-corrected chi connectivity index (χ2v) is 5.35. The SMILES string of the molecule is CCC(C)(CCN)Nc1ncc(Cl)cc1Br. The molecule has 90 valence electrons. The van der Waals surface area contributed by atoms with Crippen LogP contribution in [0.25, 0.3) is 0 Å². The largest absolute Gasteiger partial charge is 0.364 e. The lowest BCUT2D eigenvalue weighted by molar-refractivity contribution is 0.461. The van der Waals surface area contributed by atoms with Crippen LogP contribution in [0.2, 0.25) is 5.02 Å². The number of aromatic nitrogens is 1. The first-order valence-electron chi connectivity index (χ1n) is 5.30. The maximum absolute atomic E-state index is 5.84. The van der Waals surface area contributed by atoms with Crippen molar-refractivity contribution in [1.82, 2.24) is 4.98 Å². The van der Waals surface area contributed by atoms with Crippen molar-refractivity contribution < 1.29 is 0 Å². The van der Waals surface area contributed by atoms with E-state index in [0.717, 1.165) is 23.1 Å². The van der Waals surface area contributed by atoms with Gasteiger partial charge in [-0.2, -0.15) is 0 Å². The lowest BCUT2D eigenvalue weighted by Crippen LogP contribution is -2.36. The predicted octanol–water partition coefficient (Wildman–Crippen LogP) is 3.43. The molecule has 0 bridgehead atoms. The second kappa shape index (κ2) is 5.84. The van der Waals surface area contributed by atoms with Gasteiger partial charge in [0.25, 0.3) is 0 Å². The van der Waals surface area contributed by atoms with Crippen molar-refractivity contribution in [2.24, 2.45) is 5.73 Å². The molecular weight excluding hydrogens is 289 g/mol. The van der Waals surface area contributed by atoms with Gasteiger partial charge in [-0.05, 0) is 48.3 Å². The van der Waals surface area contributed by atoms with Crippen LogP contribution in [0.1, 0.15) is 26.7 Å². The quantitative estimate of drug-likeness (QED) is 0.876. The van der Waals surface area contributed by atoms with Crippen molar-refractivity contribution in [2.75, 3.05) is 11.9 Å². The van der Waals surface area contributed by atoms with E-state index >= 15 is 0 Å². The normalized spacial score (nSPS) is 14.6. The van der Waals surface area contributed by atoms with Gasteiger partial charge in [-0.25, -0.2) is 4.98 Å². The van der Waals surface area contributed by atoms with E-state index in [1.807, 2.05) is 6.07 Å². The minimum absolute atomic E-state index is 0.0297. The summed E-state index contributed by atoms with van der Waals surface area (Å²) in [5.41, 5.74) is 5.58. The van der Waals surface area contributed by atoms with Crippen molar-refractivity contribution >= 4 is 33.3 Å². The lowest BCUT2D eigenvalue weighted by Gasteiger charge is -2.30. The van der Waals surface area contributed by atoms with Gasteiger partial charge in [0, 0.05) is 11.7 Å². The number of hydrogen-bond acceptors (Lipinski definition) is 3. The zero-order valence-corrected chi connectivity index (χ0v) is 11.9. The van der Waals surface area contributed by atoms with Crippen molar-refractivity contribution in [1.29, 1.82) is 0 Å². The highest BCUT2D eigenvalue weighted by molar-refractivity contribution is 9.10. The van der Waals surface area contributed by atoms with E-state index in [1.54, 1.807) is 6.20 Å². The number of nitrogens with two attached hydrogens (primary N) is 1. The molecule has 1 aromatic heterocycles. The summed E-state index contributed by atoms with van der Waals surface area (Å²) in [6, 6.07) is 1.83. The fourth-order valence-electron chi connectivity index (χ4n) is 1.44. The molecule has 5 heteroatoms. The molecule has 0 aliphatic rings. The minimum atomic E-state index is -0.0297. The van der Waals surface area contributed by atoms with E-state index in [0.29, 0.717) is 11.6 Å². The first kappa shape index (κ1) is 13.7. The maximum atomic E-state index is 5.84. The summed E-state index contributed by atoms with van der Waals surface area (Å²) >= 11 is 9.28. The molecule has 1 rings (SSSR count). The topological polar surface area (TPSA) is 50.9 Å². The monoisotopic (exact) mass is 305 g/mol. The van der Waals surface area contributed by atoms with Crippen LogP contribution in [-0.2, 0) is 0 Å². The highest BCUT2D eigenvalue weighted by Crippen LogP contribution is 2.27. The molecule has 0 amide bonds. The molecule has 0 saturated heterocycles. The molecule has 0 saturated carbocycles. The molecule has 1 aromatic rings. The Labute approximate surface area is 110 Å². The average Bonchev–Trinajstić information content (AvgIpc) is 2.23. The molecule has 1 atom stereocenters. The summed E-state index contributed by atoms with van der Waals surface area (Å²) in [4.78, 5) is 4.26. The minimum Gasteiger partial charge on any atom is -0.364 e. The van der Waals surface area contributed by atoms with Crippen molar-refractivity contribution in [3.8, 4) is 0 Å². The zero-order chi connectivity index (χ0) is 12.2. The molecule has 0 aliphatic heterocycles. The Morgan fingerprint density at radius 2 is 2.31 bits per heavy atom. The summed E-state index contributed by atoms with van der Waals surface area (Å²) in [6.07, 6.45) is 3.52. The van der Waals surface area contributed by atoms with Gasteiger partial charge in [0.2, 0.25) is 0 Å². The van der Waals surface area contributed by atoms with E-state index in [1.165, 1.54) is 0 Å². The summed E-state index contributed by atoms with van der Waals surface area (Å²) < 4.78 is 0.872. The van der Waals surface area contributed by atoms with E-state index < -0.39 is 0 Å². The van der Waals surface area contributed by atoms with Crippen LogP contribution in [0.3, 0.4) is 0 Å². The van der Waals surface area contributed by atoms with Gasteiger partial charge in [0.15, 0.2) is 0 Å². The third kappa shape index (κ3) is 3.61. The average molecular weight is 307 g/mol. The molecule has 0 radical (unpaired) electrons. The van der Waals surface area contributed by atoms with Crippen molar-refractivity contribution in [3.63, 3.8) is 0 Å². The fourth-order valence-corrected chi connectivity index (χ4v) is 2.18. The summed E-state index contributed by atoms with van der Waals surface area (Å²) in [6.45, 7) is 4.93. The Bertz CT molecular complexity index is 359. The van der Waals surface area contributed by atoms with Crippen LogP contribution in [-0.4, -0.2) is 17.1 Å². The Balaban J connectivity index is 2.85. The van der Waals surface area contributed by atoms with Crippen LogP contribution in [0, 0.1) is 0 Å². The molecule has 1 heterocycles. The molecule has 3 nitrogen and oxygen atoms in total. The smallest absolute Gasteiger partial charge is 0.140 e. The van der Waals surface area contributed by atoms with Gasteiger partial charge in [-0.3, -0.25) is 0 Å². The first-order chi connectivity index (χ1) is 7.50. The van der Waals surface area contributed by atoms with Crippen LogP contribution in [0.4, 0.5) is 5.82 Å². The number of pyridine rings is 1. The molecule has 3 N–H and O–H groups in total. The third-order valence-corrected chi connectivity index (χ3v) is 3.52. The number of rotatable bonds is 5. The van der Waals surface area contributed by atoms with E-state index in [-0.39, 0.29) is 5.54 Å². The molecule has 0 aromatic carbocycles. The van der Waals surface area contributed by atoms with Crippen LogP contribution >= 0.6 is 27.5 Å². The number of halogens is 2. The number of nitrogens with zero attached hydrogens (tertiary/aromatic N) is 1. The molecule has 0 spiro atoms.